The van der Waals surface area contributed by atoms with Crippen LogP contribution in [-0.4, -0.2) is 27.2 Å². The molecule has 2 aromatic rings. The molecule has 0 N–H and O–H groups in total. The van der Waals surface area contributed by atoms with Gasteiger partial charge < -0.3 is 4.74 Å². The molecule has 4 nitrogen and oxygen atoms in total. The maximum Gasteiger partial charge on any atom is 0.339 e. The quantitative estimate of drug-likeness (QED) is 0.700. The first-order valence-electron chi connectivity index (χ1n) is 7.04. The zero-order valence-corrected chi connectivity index (χ0v) is 15.2. The van der Waals surface area contributed by atoms with Crippen LogP contribution in [0.5, 0.6) is 0 Å². The lowest BCUT2D eigenvalue weighted by Gasteiger charge is -2.09. The second kappa shape index (κ2) is 6.34. The third-order valence-electron chi connectivity index (χ3n) is 3.73. The van der Waals surface area contributed by atoms with Gasteiger partial charge in [-0.05, 0) is 29.8 Å². The number of hydrogen-bond acceptors (Lipinski definition) is 4. The highest BCUT2D eigenvalue weighted by atomic mass is 79.9. The first-order chi connectivity index (χ1) is 11.7. The fourth-order valence-corrected chi connectivity index (χ4v) is 3.57. The van der Waals surface area contributed by atoms with E-state index in [1.54, 1.807) is 24.3 Å². The van der Waals surface area contributed by atoms with Crippen molar-refractivity contribution >= 4 is 42.9 Å². The van der Waals surface area contributed by atoms with Gasteiger partial charge in [0.05, 0.1) is 5.57 Å². The normalized spacial score (nSPS) is 14.8. The minimum atomic E-state index is -3.91. The van der Waals surface area contributed by atoms with Gasteiger partial charge >= 0.3 is 5.97 Å². The van der Waals surface area contributed by atoms with Gasteiger partial charge in [0.25, 0.3) is 0 Å². The topological polar surface area (TPSA) is 60.4 Å². The van der Waals surface area contributed by atoms with Gasteiger partial charge in [-0.3, -0.25) is 0 Å². The second-order valence-electron chi connectivity index (χ2n) is 5.47. The van der Waals surface area contributed by atoms with Crippen molar-refractivity contribution in [3.05, 3.63) is 63.6 Å². The van der Waals surface area contributed by atoms with Crippen LogP contribution in [0.15, 0.2) is 45.8 Å². The van der Waals surface area contributed by atoms with Crippen LogP contribution in [-0.2, 0) is 19.4 Å². The third-order valence-corrected chi connectivity index (χ3v) is 5.37. The molecule has 0 saturated heterocycles. The SMILES string of the molecule is CS(=O)(=O)c1cc(F)c(C2=C(c3ccc(Br)cc3)C(=O)OC2)cc1F. The van der Waals surface area contributed by atoms with E-state index in [0.29, 0.717) is 11.6 Å². The van der Waals surface area contributed by atoms with Crippen molar-refractivity contribution in [2.45, 2.75) is 4.90 Å². The summed E-state index contributed by atoms with van der Waals surface area (Å²) in [7, 11) is -3.91. The van der Waals surface area contributed by atoms with Crippen molar-refractivity contribution in [3.63, 3.8) is 0 Å². The maximum absolute atomic E-state index is 14.5. The fourth-order valence-electron chi connectivity index (χ4n) is 2.57. The van der Waals surface area contributed by atoms with Crippen LogP contribution in [0.1, 0.15) is 11.1 Å². The molecule has 0 spiro atoms. The predicted octanol–water partition coefficient (Wildman–Crippen LogP) is 3.60. The van der Waals surface area contributed by atoms with Crippen LogP contribution in [0.25, 0.3) is 11.1 Å². The third kappa shape index (κ3) is 3.36. The lowest BCUT2D eigenvalue weighted by Crippen LogP contribution is -2.04. The summed E-state index contributed by atoms with van der Waals surface area (Å²) in [6, 6.07) is 8.09. The van der Waals surface area contributed by atoms with E-state index in [0.717, 1.165) is 16.8 Å². The van der Waals surface area contributed by atoms with Gasteiger partial charge in [-0.2, -0.15) is 0 Å². The van der Waals surface area contributed by atoms with Gasteiger partial charge in [0.2, 0.25) is 0 Å². The van der Waals surface area contributed by atoms with Gasteiger partial charge in [0.15, 0.2) is 9.84 Å². The van der Waals surface area contributed by atoms with Crippen molar-refractivity contribution in [3.8, 4) is 0 Å². The summed E-state index contributed by atoms with van der Waals surface area (Å²) in [6.45, 7) is -0.223. The minimum Gasteiger partial charge on any atom is -0.457 e. The smallest absolute Gasteiger partial charge is 0.339 e. The molecule has 3 rings (SSSR count). The maximum atomic E-state index is 14.5. The zero-order chi connectivity index (χ0) is 18.4. The average Bonchev–Trinajstić information content (AvgIpc) is 2.90. The highest BCUT2D eigenvalue weighted by Crippen LogP contribution is 2.35. The molecule has 130 valence electrons. The Labute approximate surface area is 151 Å². The highest BCUT2D eigenvalue weighted by Gasteiger charge is 2.30. The molecule has 1 aliphatic rings. The molecule has 0 amide bonds. The number of benzene rings is 2. The molecule has 25 heavy (non-hydrogen) atoms. The first kappa shape index (κ1) is 17.8. The molecule has 2 aromatic carbocycles. The summed E-state index contributed by atoms with van der Waals surface area (Å²) in [6.07, 6.45) is 0.791. The molecule has 0 radical (unpaired) electrons. The summed E-state index contributed by atoms with van der Waals surface area (Å²) in [5.41, 5.74) is 0.586. The van der Waals surface area contributed by atoms with Crippen LogP contribution < -0.4 is 0 Å². The Hall–Kier alpha value is -2.06. The molecule has 0 atom stereocenters. The molecular formula is C17H11BrF2O4S. The lowest BCUT2D eigenvalue weighted by molar-refractivity contribution is -0.133. The van der Waals surface area contributed by atoms with Gasteiger partial charge in [-0.1, -0.05) is 28.1 Å². The Morgan fingerprint density at radius 2 is 1.72 bits per heavy atom. The molecule has 1 heterocycles. The van der Waals surface area contributed by atoms with Crippen LogP contribution in [0, 0.1) is 11.6 Å². The Bertz CT molecular complexity index is 1010. The molecule has 1 aliphatic heterocycles. The molecular weight excluding hydrogens is 418 g/mol. The first-order valence-corrected chi connectivity index (χ1v) is 9.72. The van der Waals surface area contributed by atoms with Gasteiger partial charge in [0, 0.05) is 21.9 Å². The molecule has 0 fully saturated rings. The average molecular weight is 429 g/mol. The zero-order valence-electron chi connectivity index (χ0n) is 12.8. The van der Waals surface area contributed by atoms with Crippen LogP contribution in [0.4, 0.5) is 8.78 Å². The van der Waals surface area contributed by atoms with E-state index < -0.39 is 32.3 Å². The number of carbonyl (C=O) groups excluding carboxylic acids is 1. The Balaban J connectivity index is 2.21. The van der Waals surface area contributed by atoms with Crippen LogP contribution >= 0.6 is 15.9 Å². The van der Waals surface area contributed by atoms with E-state index in [2.05, 4.69) is 15.9 Å². The molecule has 0 aromatic heterocycles. The standard InChI is InChI=1S/C17H11BrF2O4S/c1-25(22,23)15-7-13(19)11(6-14(15)20)12-8-24-17(21)16(12)9-2-4-10(18)5-3-9/h2-7H,8H2,1H3. The Kier molecular flexibility index (Phi) is 4.51. The summed E-state index contributed by atoms with van der Waals surface area (Å²) in [5, 5.41) is 0. The number of sulfone groups is 1. The number of esters is 1. The summed E-state index contributed by atoms with van der Waals surface area (Å²) < 4.78 is 57.4. The molecule has 0 bridgehead atoms. The van der Waals surface area contributed by atoms with E-state index in [-0.39, 0.29) is 23.3 Å². The summed E-state index contributed by atoms with van der Waals surface area (Å²) >= 11 is 3.28. The Morgan fingerprint density at radius 1 is 1.08 bits per heavy atom. The summed E-state index contributed by atoms with van der Waals surface area (Å²) in [4.78, 5) is 11.3. The lowest BCUT2D eigenvalue weighted by atomic mass is 9.96. The van der Waals surface area contributed by atoms with E-state index in [4.69, 9.17) is 4.74 Å². The van der Waals surface area contributed by atoms with Crippen molar-refractivity contribution < 1.29 is 26.7 Å². The van der Waals surface area contributed by atoms with Crippen molar-refractivity contribution in [1.82, 2.24) is 0 Å². The molecule has 0 saturated carbocycles. The van der Waals surface area contributed by atoms with Gasteiger partial charge in [-0.25, -0.2) is 22.0 Å². The number of cyclic esters (lactones) is 1. The van der Waals surface area contributed by atoms with Gasteiger partial charge in [0.1, 0.15) is 23.1 Å². The fraction of sp³-hybridized carbons (Fsp3) is 0.118. The van der Waals surface area contributed by atoms with Gasteiger partial charge in [-0.15, -0.1) is 0 Å². The minimum absolute atomic E-state index is 0.123. The number of ether oxygens (including phenoxy) is 1. The Morgan fingerprint density at radius 3 is 2.32 bits per heavy atom. The second-order valence-corrected chi connectivity index (χ2v) is 8.37. The molecule has 0 aliphatic carbocycles. The largest absolute Gasteiger partial charge is 0.457 e. The molecule has 8 heteroatoms. The van der Waals surface area contributed by atoms with Crippen LogP contribution in [0.2, 0.25) is 0 Å². The monoisotopic (exact) mass is 428 g/mol. The predicted molar refractivity (Wildman–Crippen MR) is 91.4 cm³/mol. The summed E-state index contributed by atoms with van der Waals surface area (Å²) in [5.74, 6) is -2.67. The number of carbonyl (C=O) groups is 1. The van der Waals surface area contributed by atoms with E-state index >= 15 is 0 Å². The van der Waals surface area contributed by atoms with E-state index in [1.165, 1.54) is 0 Å². The number of hydrogen-bond donors (Lipinski definition) is 0. The van der Waals surface area contributed by atoms with E-state index in [9.17, 15) is 22.0 Å². The van der Waals surface area contributed by atoms with Crippen molar-refractivity contribution in [2.24, 2.45) is 0 Å². The highest BCUT2D eigenvalue weighted by molar-refractivity contribution is 9.10. The number of halogens is 3. The number of rotatable bonds is 3. The molecule has 0 unspecified atom stereocenters. The van der Waals surface area contributed by atoms with Crippen LogP contribution in [0.3, 0.4) is 0 Å². The van der Waals surface area contributed by atoms with Crippen molar-refractivity contribution in [2.75, 3.05) is 12.9 Å². The van der Waals surface area contributed by atoms with Crippen molar-refractivity contribution in [1.29, 1.82) is 0 Å². The van der Waals surface area contributed by atoms with E-state index in [1.807, 2.05) is 0 Å².